The summed E-state index contributed by atoms with van der Waals surface area (Å²) in [5.74, 6) is 1.26. The normalized spacial score (nSPS) is 13.4. The minimum absolute atomic E-state index is 0.00156. The number of benzene rings is 3. The van der Waals surface area contributed by atoms with Gasteiger partial charge in [0.25, 0.3) is 0 Å². The van der Waals surface area contributed by atoms with Crippen molar-refractivity contribution in [3.05, 3.63) is 88.5 Å². The molecule has 6 heteroatoms. The molecule has 0 radical (unpaired) electrons. The highest BCUT2D eigenvalue weighted by molar-refractivity contribution is 5.99. The lowest BCUT2D eigenvalue weighted by Gasteiger charge is -2.14. The first-order chi connectivity index (χ1) is 17.4. The van der Waals surface area contributed by atoms with E-state index in [4.69, 9.17) is 14.2 Å². The van der Waals surface area contributed by atoms with Crippen LogP contribution in [-0.2, 0) is 18.0 Å². The number of carbonyl (C=O) groups excluding carboxylic acids is 2. The molecule has 1 aliphatic carbocycles. The molecule has 0 aliphatic heterocycles. The van der Waals surface area contributed by atoms with E-state index in [2.05, 4.69) is 0 Å². The number of ketones is 1. The Balaban J connectivity index is 1.34. The van der Waals surface area contributed by atoms with Crippen LogP contribution < -0.4 is 9.47 Å². The van der Waals surface area contributed by atoms with Crippen LogP contribution in [0.5, 0.6) is 17.2 Å². The van der Waals surface area contributed by atoms with Gasteiger partial charge in [0.1, 0.15) is 30.5 Å². The lowest BCUT2D eigenvalue weighted by atomic mass is 9.95. The maximum atomic E-state index is 12.7. The first kappa shape index (κ1) is 25.3. The number of esters is 1. The summed E-state index contributed by atoms with van der Waals surface area (Å²) in [5.41, 5.74) is 3.35. The molecule has 0 atom stereocenters. The Morgan fingerprint density at radius 1 is 0.917 bits per heavy atom. The number of methoxy groups -OCH3 is 1. The molecule has 0 aromatic heterocycles. The minimum Gasteiger partial charge on any atom is -0.507 e. The summed E-state index contributed by atoms with van der Waals surface area (Å²) < 4.78 is 16.5. The van der Waals surface area contributed by atoms with Gasteiger partial charge in [-0.25, -0.2) is 4.79 Å². The van der Waals surface area contributed by atoms with Crippen LogP contribution in [0.4, 0.5) is 0 Å². The molecule has 1 N–H and O–H groups in total. The molecule has 0 unspecified atom stereocenters. The van der Waals surface area contributed by atoms with E-state index in [0.29, 0.717) is 53.7 Å². The van der Waals surface area contributed by atoms with Crippen molar-refractivity contribution in [3.8, 4) is 17.2 Å². The van der Waals surface area contributed by atoms with Crippen molar-refractivity contribution >= 4 is 11.8 Å². The highest BCUT2D eigenvalue weighted by atomic mass is 16.5. The SMILES string of the molecule is COC(=O)c1ccc(OCc2cccc(COc3ccc(C(=O)CC4CCCC4)c(O)c3C)c2)cc1. The van der Waals surface area contributed by atoms with Crippen molar-refractivity contribution in [2.45, 2.75) is 52.2 Å². The van der Waals surface area contributed by atoms with E-state index in [0.717, 1.165) is 24.0 Å². The second-order valence-electron chi connectivity index (χ2n) is 9.28. The van der Waals surface area contributed by atoms with E-state index in [9.17, 15) is 14.7 Å². The molecule has 1 aliphatic rings. The Labute approximate surface area is 211 Å². The zero-order valence-corrected chi connectivity index (χ0v) is 20.8. The summed E-state index contributed by atoms with van der Waals surface area (Å²) in [6.45, 7) is 2.45. The first-order valence-corrected chi connectivity index (χ1v) is 12.3. The quantitative estimate of drug-likeness (QED) is 0.262. The summed E-state index contributed by atoms with van der Waals surface area (Å²) in [7, 11) is 1.35. The number of phenols is 1. The predicted molar refractivity (Wildman–Crippen MR) is 137 cm³/mol. The Kier molecular flexibility index (Phi) is 8.26. The molecule has 4 rings (SSSR count). The molecule has 0 saturated heterocycles. The number of aromatic hydroxyl groups is 1. The highest BCUT2D eigenvalue weighted by Gasteiger charge is 2.22. The van der Waals surface area contributed by atoms with Gasteiger partial charge in [0.05, 0.1) is 18.2 Å². The zero-order chi connectivity index (χ0) is 25.5. The van der Waals surface area contributed by atoms with Crippen LogP contribution in [-0.4, -0.2) is 24.0 Å². The molecule has 0 bridgehead atoms. The number of Topliss-reactive ketones (excluding diaryl/α,β-unsaturated/α-hetero) is 1. The molecule has 3 aromatic rings. The van der Waals surface area contributed by atoms with Crippen LogP contribution >= 0.6 is 0 Å². The molecule has 188 valence electrons. The van der Waals surface area contributed by atoms with Gasteiger partial charge in [-0.15, -0.1) is 0 Å². The third-order valence-electron chi connectivity index (χ3n) is 6.70. The summed E-state index contributed by atoms with van der Waals surface area (Å²) in [6, 6.07) is 18.1. The number of carbonyl (C=O) groups is 2. The summed E-state index contributed by atoms with van der Waals surface area (Å²) >= 11 is 0. The van der Waals surface area contributed by atoms with Crippen molar-refractivity contribution in [1.29, 1.82) is 0 Å². The molecular weight excluding hydrogens is 456 g/mol. The average Bonchev–Trinajstić information content (AvgIpc) is 3.41. The Bertz CT molecular complexity index is 1210. The summed E-state index contributed by atoms with van der Waals surface area (Å²) in [6.07, 6.45) is 5.06. The van der Waals surface area contributed by atoms with Crippen molar-refractivity contribution in [2.24, 2.45) is 5.92 Å². The lowest BCUT2D eigenvalue weighted by Crippen LogP contribution is -2.07. The van der Waals surface area contributed by atoms with Crippen molar-refractivity contribution in [1.82, 2.24) is 0 Å². The topological polar surface area (TPSA) is 82.1 Å². The number of hydrogen-bond acceptors (Lipinski definition) is 6. The summed E-state index contributed by atoms with van der Waals surface area (Å²) in [5, 5.41) is 10.7. The fourth-order valence-corrected chi connectivity index (χ4v) is 4.59. The second kappa shape index (κ2) is 11.8. The van der Waals surface area contributed by atoms with Crippen LogP contribution in [0.1, 0.15) is 69.5 Å². The number of rotatable bonds is 10. The standard InChI is InChI=1S/C30H32O6/c1-20-28(15-14-26(29(20)32)27(31)17-21-6-3-4-7-21)36-19-23-9-5-8-22(16-23)18-35-25-12-10-24(11-13-25)30(33)34-2/h5,8-16,21,32H,3-4,6-7,17-19H2,1-2H3. The van der Waals surface area contributed by atoms with Gasteiger partial charge in [-0.05, 0) is 66.4 Å². The molecular formula is C30H32O6. The first-order valence-electron chi connectivity index (χ1n) is 12.3. The zero-order valence-electron chi connectivity index (χ0n) is 20.8. The van der Waals surface area contributed by atoms with Gasteiger partial charge in [0.15, 0.2) is 5.78 Å². The smallest absolute Gasteiger partial charge is 0.337 e. The van der Waals surface area contributed by atoms with Crippen molar-refractivity contribution < 1.29 is 28.9 Å². The van der Waals surface area contributed by atoms with E-state index in [1.807, 2.05) is 24.3 Å². The van der Waals surface area contributed by atoms with E-state index in [-0.39, 0.29) is 17.5 Å². The molecule has 6 nitrogen and oxygen atoms in total. The van der Waals surface area contributed by atoms with Crippen molar-refractivity contribution in [3.63, 3.8) is 0 Å². The number of phenolic OH excluding ortho intramolecular Hbond substituents is 1. The molecule has 1 fully saturated rings. The van der Waals surface area contributed by atoms with E-state index in [1.54, 1.807) is 43.3 Å². The minimum atomic E-state index is -0.386. The molecule has 0 spiro atoms. The average molecular weight is 489 g/mol. The van der Waals surface area contributed by atoms with Crippen LogP contribution in [0.3, 0.4) is 0 Å². The summed E-state index contributed by atoms with van der Waals surface area (Å²) in [4.78, 5) is 24.2. The van der Waals surface area contributed by atoms with Gasteiger partial charge >= 0.3 is 5.97 Å². The van der Waals surface area contributed by atoms with Crippen LogP contribution in [0.25, 0.3) is 0 Å². The number of hydrogen-bond donors (Lipinski definition) is 1. The van der Waals surface area contributed by atoms with E-state index in [1.165, 1.54) is 20.0 Å². The molecule has 0 amide bonds. The molecule has 0 heterocycles. The van der Waals surface area contributed by atoms with Crippen LogP contribution in [0.2, 0.25) is 0 Å². The van der Waals surface area contributed by atoms with Gasteiger partial charge in [-0.1, -0.05) is 43.9 Å². The highest BCUT2D eigenvalue weighted by Crippen LogP contribution is 2.34. The van der Waals surface area contributed by atoms with Crippen LogP contribution in [0, 0.1) is 12.8 Å². The second-order valence-corrected chi connectivity index (χ2v) is 9.28. The lowest BCUT2D eigenvalue weighted by molar-refractivity contribution is 0.0600. The Morgan fingerprint density at radius 2 is 1.58 bits per heavy atom. The maximum absolute atomic E-state index is 12.7. The molecule has 1 saturated carbocycles. The molecule has 3 aromatic carbocycles. The Hall–Kier alpha value is -3.80. The largest absolute Gasteiger partial charge is 0.507 e. The fourth-order valence-electron chi connectivity index (χ4n) is 4.59. The van der Waals surface area contributed by atoms with E-state index >= 15 is 0 Å². The van der Waals surface area contributed by atoms with Crippen molar-refractivity contribution in [2.75, 3.05) is 7.11 Å². The Morgan fingerprint density at radius 3 is 2.25 bits per heavy atom. The van der Waals surface area contributed by atoms with Crippen LogP contribution in [0.15, 0.2) is 60.7 Å². The molecule has 36 heavy (non-hydrogen) atoms. The van der Waals surface area contributed by atoms with E-state index < -0.39 is 0 Å². The van der Waals surface area contributed by atoms with Gasteiger partial charge in [-0.2, -0.15) is 0 Å². The van der Waals surface area contributed by atoms with Gasteiger partial charge in [-0.3, -0.25) is 4.79 Å². The third kappa shape index (κ3) is 6.25. The monoisotopic (exact) mass is 488 g/mol. The van der Waals surface area contributed by atoms with Gasteiger partial charge in [0.2, 0.25) is 0 Å². The number of ether oxygens (including phenoxy) is 3. The fraction of sp³-hybridized carbons (Fsp3) is 0.333. The third-order valence-corrected chi connectivity index (χ3v) is 6.70. The predicted octanol–water partition coefficient (Wildman–Crippen LogP) is 6.41. The van der Waals surface area contributed by atoms with Gasteiger partial charge in [0, 0.05) is 12.0 Å². The van der Waals surface area contributed by atoms with Gasteiger partial charge < -0.3 is 19.3 Å². The maximum Gasteiger partial charge on any atom is 0.337 e.